The van der Waals surface area contributed by atoms with Crippen molar-refractivity contribution in [3.8, 4) is 34.1 Å². The third kappa shape index (κ3) is 2.44. The monoisotopic (exact) mass is 472 g/mol. The fraction of sp³-hybridized carbons (Fsp3) is 0. The lowest BCUT2D eigenvalue weighted by molar-refractivity contribution is 0.462. The van der Waals surface area contributed by atoms with E-state index in [-0.39, 0.29) is 0 Å². The van der Waals surface area contributed by atoms with Gasteiger partial charge in [0, 0.05) is 16.3 Å². The van der Waals surface area contributed by atoms with Gasteiger partial charge in [-0.2, -0.15) is 0 Å². The van der Waals surface area contributed by atoms with Crippen molar-refractivity contribution in [2.45, 2.75) is 0 Å². The Morgan fingerprint density at radius 1 is 0.571 bits per heavy atom. The van der Waals surface area contributed by atoms with Crippen molar-refractivity contribution in [2.75, 3.05) is 0 Å². The molecule has 0 radical (unpaired) electrons. The van der Waals surface area contributed by atoms with Gasteiger partial charge in [-0.15, -0.1) is 0 Å². The smallest absolute Gasteiger partial charge is 0.185 e. The quantitative estimate of drug-likeness (QED) is 0.239. The Morgan fingerprint density at radius 3 is 1.89 bits per heavy atom. The lowest BCUT2D eigenvalue weighted by Gasteiger charge is -2.34. The minimum atomic E-state index is -3.17. The molecule has 8 rings (SSSR count). The van der Waals surface area contributed by atoms with Crippen LogP contribution in [0.1, 0.15) is 0 Å². The van der Waals surface area contributed by atoms with Crippen molar-refractivity contribution in [3.05, 3.63) is 103 Å². The second-order valence-corrected chi connectivity index (χ2v) is 11.5. The number of fused-ring (bicyclic) bond motifs is 7. The van der Waals surface area contributed by atoms with Crippen LogP contribution in [-0.4, -0.2) is 0 Å². The topological polar surface area (TPSA) is 48.7 Å². The third-order valence-corrected chi connectivity index (χ3v) is 10.1. The van der Waals surface area contributed by atoms with E-state index < -0.39 is 7.14 Å². The van der Waals surface area contributed by atoms with Crippen LogP contribution in [0.5, 0.6) is 23.0 Å². The lowest BCUT2D eigenvalue weighted by Crippen LogP contribution is -2.35. The van der Waals surface area contributed by atoms with E-state index in [1.54, 1.807) is 0 Å². The van der Waals surface area contributed by atoms with Crippen molar-refractivity contribution in [1.29, 1.82) is 0 Å². The Hall–Kier alpha value is -4.27. The zero-order chi connectivity index (χ0) is 23.1. The summed E-state index contributed by atoms with van der Waals surface area (Å²) in [5.74, 6) is 2.35. The SMILES string of the molecule is O=P12c3ccccc3Oc3cc(-c4cccc5c4oc4ccccc45)cc(c31)Oc1ccccc12. The Kier molecular flexibility index (Phi) is 3.63. The fourth-order valence-corrected chi connectivity index (χ4v) is 8.43. The molecule has 5 heteroatoms. The molecule has 4 nitrogen and oxygen atoms in total. The third-order valence-electron chi connectivity index (χ3n) is 6.92. The lowest BCUT2D eigenvalue weighted by atomic mass is 10.0. The molecule has 6 aromatic rings. The average molecular weight is 472 g/mol. The van der Waals surface area contributed by atoms with Gasteiger partial charge in [-0.3, -0.25) is 0 Å². The summed E-state index contributed by atoms with van der Waals surface area (Å²) in [5, 5.41) is 4.15. The Morgan fingerprint density at radius 2 is 1.17 bits per heavy atom. The molecule has 2 aliphatic rings. The minimum Gasteiger partial charge on any atom is -0.456 e. The summed E-state index contributed by atoms with van der Waals surface area (Å²) >= 11 is 0. The fourth-order valence-electron chi connectivity index (χ4n) is 5.39. The molecule has 0 saturated heterocycles. The molecule has 35 heavy (non-hydrogen) atoms. The van der Waals surface area contributed by atoms with Crippen LogP contribution >= 0.6 is 7.14 Å². The molecule has 0 unspecified atom stereocenters. The molecule has 2 aliphatic heterocycles. The van der Waals surface area contributed by atoms with Gasteiger partial charge >= 0.3 is 0 Å². The van der Waals surface area contributed by atoms with Gasteiger partial charge in [-0.25, -0.2) is 0 Å². The molecule has 0 aliphatic carbocycles. The second-order valence-electron chi connectivity index (χ2n) is 8.85. The van der Waals surface area contributed by atoms with Crippen LogP contribution in [0.15, 0.2) is 108 Å². The van der Waals surface area contributed by atoms with E-state index >= 15 is 0 Å². The number of rotatable bonds is 1. The maximum Gasteiger partial charge on any atom is 0.185 e. The maximum atomic E-state index is 14.9. The van der Waals surface area contributed by atoms with Crippen LogP contribution in [0.4, 0.5) is 0 Å². The van der Waals surface area contributed by atoms with Gasteiger partial charge in [0.2, 0.25) is 0 Å². The van der Waals surface area contributed by atoms with Crippen LogP contribution in [0.2, 0.25) is 0 Å². The highest BCUT2D eigenvalue weighted by Gasteiger charge is 2.46. The van der Waals surface area contributed by atoms with Gasteiger partial charge in [-0.1, -0.05) is 60.7 Å². The zero-order valence-electron chi connectivity index (χ0n) is 18.4. The molecule has 3 heterocycles. The number of furan rings is 1. The zero-order valence-corrected chi connectivity index (χ0v) is 19.3. The molecule has 0 atom stereocenters. The standard InChI is InChI=1S/C30H17O4P/c31-35-27-14-5-3-12-23(27)32-25-16-18(17-26(30(25)35)33-24-13-4-6-15-28(24)35)19-9-7-10-21-20-8-1-2-11-22(20)34-29(19)21/h1-17H. The molecule has 0 amide bonds. The van der Waals surface area contributed by atoms with Gasteiger partial charge in [0.1, 0.15) is 39.5 Å². The number of benzene rings is 5. The van der Waals surface area contributed by atoms with Gasteiger partial charge < -0.3 is 18.5 Å². The van der Waals surface area contributed by atoms with E-state index in [1.807, 2.05) is 91.0 Å². The number of ether oxygens (including phenoxy) is 2. The first kappa shape index (κ1) is 19.1. The van der Waals surface area contributed by atoms with E-state index in [9.17, 15) is 4.57 Å². The summed E-state index contributed by atoms with van der Waals surface area (Å²) in [5.41, 5.74) is 3.46. The molecule has 166 valence electrons. The summed E-state index contributed by atoms with van der Waals surface area (Å²) in [4.78, 5) is 0. The van der Waals surface area contributed by atoms with Gasteiger partial charge in [0.25, 0.3) is 0 Å². The van der Waals surface area contributed by atoms with Crippen LogP contribution in [-0.2, 0) is 4.57 Å². The molecule has 0 N–H and O–H groups in total. The van der Waals surface area contributed by atoms with E-state index in [0.29, 0.717) is 38.9 Å². The molecule has 0 fully saturated rings. The number of hydrogen-bond acceptors (Lipinski definition) is 4. The highest BCUT2D eigenvalue weighted by atomic mass is 31.2. The first-order valence-electron chi connectivity index (χ1n) is 11.5. The van der Waals surface area contributed by atoms with Crippen molar-refractivity contribution >= 4 is 45.0 Å². The van der Waals surface area contributed by atoms with Crippen molar-refractivity contribution < 1.29 is 18.5 Å². The van der Waals surface area contributed by atoms with Crippen LogP contribution in [0, 0.1) is 0 Å². The van der Waals surface area contributed by atoms with E-state index in [0.717, 1.165) is 33.1 Å². The Bertz CT molecular complexity index is 1820. The van der Waals surface area contributed by atoms with Gasteiger partial charge in [-0.05, 0) is 48.0 Å². The predicted octanol–water partition coefficient (Wildman–Crippen LogP) is 7.10. The highest BCUT2D eigenvalue weighted by molar-refractivity contribution is 7.86. The summed E-state index contributed by atoms with van der Waals surface area (Å²) in [6, 6.07) is 33.3. The van der Waals surface area contributed by atoms with E-state index in [4.69, 9.17) is 13.9 Å². The summed E-state index contributed by atoms with van der Waals surface area (Å²) < 4.78 is 33.9. The van der Waals surface area contributed by atoms with E-state index in [2.05, 4.69) is 12.1 Å². The average Bonchev–Trinajstić information content (AvgIpc) is 3.27. The molecular formula is C30H17O4P. The van der Waals surface area contributed by atoms with Crippen molar-refractivity contribution in [3.63, 3.8) is 0 Å². The van der Waals surface area contributed by atoms with E-state index in [1.165, 1.54) is 0 Å². The van der Waals surface area contributed by atoms with Crippen LogP contribution in [0.3, 0.4) is 0 Å². The molecule has 0 bridgehead atoms. The number of hydrogen-bond donors (Lipinski definition) is 0. The summed E-state index contributed by atoms with van der Waals surface area (Å²) in [6.07, 6.45) is 0. The van der Waals surface area contributed by atoms with Crippen LogP contribution in [0.25, 0.3) is 33.1 Å². The largest absolute Gasteiger partial charge is 0.456 e. The minimum absolute atomic E-state index is 0.558. The molecule has 0 spiro atoms. The van der Waals surface area contributed by atoms with Crippen molar-refractivity contribution in [1.82, 2.24) is 0 Å². The highest BCUT2D eigenvalue weighted by Crippen LogP contribution is 2.59. The summed E-state index contributed by atoms with van der Waals surface area (Å²) in [6.45, 7) is 0. The molecule has 1 aromatic heterocycles. The van der Waals surface area contributed by atoms with Crippen LogP contribution < -0.4 is 25.4 Å². The van der Waals surface area contributed by atoms with Crippen molar-refractivity contribution in [2.24, 2.45) is 0 Å². The van der Waals surface area contributed by atoms with Gasteiger partial charge in [0.15, 0.2) is 7.14 Å². The Labute approximate surface area is 200 Å². The second kappa shape index (κ2) is 6.65. The molecule has 0 saturated carbocycles. The summed E-state index contributed by atoms with van der Waals surface area (Å²) in [7, 11) is -3.17. The van der Waals surface area contributed by atoms with Gasteiger partial charge in [0.05, 0.1) is 10.6 Å². The maximum absolute atomic E-state index is 14.9. The first-order chi connectivity index (χ1) is 17.2. The number of para-hydroxylation sites is 4. The first-order valence-corrected chi connectivity index (χ1v) is 13.2. The normalized spacial score (nSPS) is 14.5. The Balaban J connectivity index is 1.44. The molecular weight excluding hydrogens is 455 g/mol. The predicted molar refractivity (Wildman–Crippen MR) is 139 cm³/mol. The molecule has 5 aromatic carbocycles.